The molecule has 0 aliphatic carbocycles. The first-order valence-corrected chi connectivity index (χ1v) is 8.68. The van der Waals surface area contributed by atoms with E-state index in [-0.39, 0.29) is 17.0 Å². The zero-order chi connectivity index (χ0) is 13.3. The maximum Gasteiger partial charge on any atom is 0.0895 e. The average Bonchev–Trinajstić information content (AvgIpc) is 2.56. The zero-order valence-electron chi connectivity index (χ0n) is 11.8. The smallest absolute Gasteiger partial charge is 0.0895 e. The predicted octanol–water partition coefficient (Wildman–Crippen LogP) is 5.00. The van der Waals surface area contributed by atoms with Gasteiger partial charge in [-0.3, -0.25) is 0 Å². The first-order valence-electron chi connectivity index (χ1n) is 6.46. The Morgan fingerprint density at radius 2 is 1.78 bits per heavy atom. The lowest BCUT2D eigenvalue weighted by atomic mass is 9.96. The molecule has 2 atom stereocenters. The Hall–Kier alpha value is -0.120. The molecule has 1 heterocycles. The van der Waals surface area contributed by atoms with Gasteiger partial charge in [0.2, 0.25) is 0 Å². The van der Waals surface area contributed by atoms with Gasteiger partial charge in [0, 0.05) is 4.75 Å². The van der Waals surface area contributed by atoms with Crippen LogP contribution in [0.15, 0.2) is 24.3 Å². The highest BCUT2D eigenvalue weighted by Crippen LogP contribution is 2.59. The first kappa shape index (κ1) is 14.3. The van der Waals surface area contributed by atoms with Gasteiger partial charge in [0.15, 0.2) is 0 Å². The fraction of sp³-hybridized carbons (Fsp3) is 0.600. The summed E-state index contributed by atoms with van der Waals surface area (Å²) in [6.45, 7) is 10.9. The minimum Gasteiger partial charge on any atom is -0.373 e. The molecule has 0 N–H and O–H groups in total. The van der Waals surface area contributed by atoms with Gasteiger partial charge in [-0.1, -0.05) is 51.4 Å². The lowest BCUT2D eigenvalue weighted by molar-refractivity contribution is -0.00757. The second kappa shape index (κ2) is 5.48. The molecule has 0 aromatic heterocycles. The van der Waals surface area contributed by atoms with Crippen LogP contribution in [0, 0.1) is 6.92 Å². The number of rotatable bonds is 3. The van der Waals surface area contributed by atoms with Gasteiger partial charge < -0.3 is 4.74 Å². The van der Waals surface area contributed by atoms with Gasteiger partial charge in [0.1, 0.15) is 0 Å². The van der Waals surface area contributed by atoms with E-state index in [0.29, 0.717) is 5.25 Å². The van der Waals surface area contributed by atoms with Crippen molar-refractivity contribution in [3.8, 4) is 0 Å². The molecule has 1 aliphatic rings. The number of hydrogen-bond acceptors (Lipinski definition) is 3. The van der Waals surface area contributed by atoms with Crippen LogP contribution in [-0.4, -0.2) is 17.0 Å². The van der Waals surface area contributed by atoms with E-state index in [4.69, 9.17) is 4.74 Å². The third kappa shape index (κ3) is 3.06. The summed E-state index contributed by atoms with van der Waals surface area (Å²) in [5.74, 6) is 0. The molecule has 3 heteroatoms. The Morgan fingerprint density at radius 3 is 2.33 bits per heavy atom. The van der Waals surface area contributed by atoms with Crippen molar-refractivity contribution in [3.05, 3.63) is 35.4 Å². The van der Waals surface area contributed by atoms with Gasteiger partial charge in [0.05, 0.1) is 17.5 Å². The monoisotopic (exact) mass is 282 g/mol. The molecule has 1 fully saturated rings. The van der Waals surface area contributed by atoms with Crippen LogP contribution in [0.4, 0.5) is 0 Å². The molecular weight excluding hydrogens is 260 g/mol. The minimum atomic E-state index is 0.171. The Labute approximate surface area is 118 Å². The summed E-state index contributed by atoms with van der Waals surface area (Å²) < 4.78 is 6.35. The molecule has 18 heavy (non-hydrogen) atoms. The quantitative estimate of drug-likeness (QED) is 0.722. The summed E-state index contributed by atoms with van der Waals surface area (Å²) in [5, 5.41) is 0.438. The van der Waals surface area contributed by atoms with Crippen molar-refractivity contribution in [2.45, 2.75) is 56.8 Å². The van der Waals surface area contributed by atoms with Gasteiger partial charge >= 0.3 is 0 Å². The van der Waals surface area contributed by atoms with Gasteiger partial charge in [0.25, 0.3) is 0 Å². The van der Waals surface area contributed by atoms with Crippen LogP contribution in [0.5, 0.6) is 0 Å². The standard InChI is InChI=1S/C15H22OS2/c1-10(2)16-14-13(17-18-15(14,4)5)12-8-6-11(3)7-9-12/h6-10,13-14H,1-5H3/t13-,14-/m0/s1. The van der Waals surface area contributed by atoms with Crippen molar-refractivity contribution in [1.82, 2.24) is 0 Å². The van der Waals surface area contributed by atoms with Crippen LogP contribution in [0.3, 0.4) is 0 Å². The van der Waals surface area contributed by atoms with Gasteiger partial charge in [-0.15, -0.1) is 0 Å². The highest BCUT2D eigenvalue weighted by molar-refractivity contribution is 8.77. The third-order valence-electron chi connectivity index (χ3n) is 3.15. The first-order chi connectivity index (χ1) is 8.40. The fourth-order valence-corrected chi connectivity index (χ4v) is 5.63. The molecule has 1 aromatic carbocycles. The van der Waals surface area contributed by atoms with E-state index >= 15 is 0 Å². The Morgan fingerprint density at radius 1 is 1.17 bits per heavy atom. The predicted molar refractivity (Wildman–Crippen MR) is 83.2 cm³/mol. The molecule has 2 rings (SSSR count). The number of hydrogen-bond donors (Lipinski definition) is 0. The lowest BCUT2D eigenvalue weighted by Gasteiger charge is -2.30. The summed E-state index contributed by atoms with van der Waals surface area (Å²) in [6.07, 6.45) is 0.553. The molecule has 1 aromatic rings. The largest absolute Gasteiger partial charge is 0.373 e. The SMILES string of the molecule is Cc1ccc([C@@H]2SSC(C)(C)[C@H]2OC(C)C)cc1. The van der Waals surface area contributed by atoms with Gasteiger partial charge in [-0.2, -0.15) is 0 Å². The van der Waals surface area contributed by atoms with E-state index < -0.39 is 0 Å². The van der Waals surface area contributed by atoms with Crippen molar-refractivity contribution in [2.75, 3.05) is 0 Å². The summed E-state index contributed by atoms with van der Waals surface area (Å²) in [5.41, 5.74) is 2.70. The number of aryl methyl sites for hydroxylation is 1. The van der Waals surface area contributed by atoms with Gasteiger partial charge in [-0.25, -0.2) is 0 Å². The Kier molecular flexibility index (Phi) is 4.35. The van der Waals surface area contributed by atoms with E-state index in [1.54, 1.807) is 0 Å². The van der Waals surface area contributed by atoms with Crippen LogP contribution < -0.4 is 0 Å². The molecule has 0 unspecified atom stereocenters. The van der Waals surface area contributed by atoms with Crippen LogP contribution in [0.1, 0.15) is 44.1 Å². The van der Waals surface area contributed by atoms with E-state index in [1.165, 1.54) is 11.1 Å². The van der Waals surface area contributed by atoms with Crippen molar-refractivity contribution in [3.63, 3.8) is 0 Å². The number of benzene rings is 1. The summed E-state index contributed by atoms with van der Waals surface area (Å²) in [4.78, 5) is 0. The number of ether oxygens (including phenoxy) is 1. The molecule has 0 radical (unpaired) electrons. The maximum absolute atomic E-state index is 6.18. The Balaban J connectivity index is 2.23. The third-order valence-corrected chi connectivity index (χ3v) is 6.84. The highest BCUT2D eigenvalue weighted by atomic mass is 33.1. The topological polar surface area (TPSA) is 9.23 Å². The summed E-state index contributed by atoms with van der Waals surface area (Å²) in [6, 6.07) is 8.87. The zero-order valence-corrected chi connectivity index (χ0v) is 13.4. The van der Waals surface area contributed by atoms with E-state index in [2.05, 4.69) is 58.9 Å². The molecule has 0 bridgehead atoms. The second-order valence-electron chi connectivity index (χ2n) is 5.72. The molecule has 1 saturated heterocycles. The average molecular weight is 282 g/mol. The van der Waals surface area contributed by atoms with Crippen LogP contribution in [-0.2, 0) is 4.74 Å². The fourth-order valence-electron chi connectivity index (χ4n) is 2.15. The van der Waals surface area contributed by atoms with E-state index in [9.17, 15) is 0 Å². The normalized spacial score (nSPS) is 26.8. The molecule has 0 spiro atoms. The molecule has 100 valence electrons. The molecule has 0 saturated carbocycles. The molecule has 0 amide bonds. The van der Waals surface area contributed by atoms with Crippen LogP contribution in [0.2, 0.25) is 0 Å². The molecule has 1 nitrogen and oxygen atoms in total. The van der Waals surface area contributed by atoms with Gasteiger partial charge in [-0.05, 0) is 40.2 Å². The van der Waals surface area contributed by atoms with E-state index in [1.807, 2.05) is 21.6 Å². The molecule has 1 aliphatic heterocycles. The molecular formula is C15H22OS2. The van der Waals surface area contributed by atoms with Crippen molar-refractivity contribution in [2.24, 2.45) is 0 Å². The maximum atomic E-state index is 6.18. The van der Waals surface area contributed by atoms with Crippen molar-refractivity contribution >= 4 is 21.6 Å². The summed E-state index contributed by atoms with van der Waals surface area (Å²) >= 11 is 0. The van der Waals surface area contributed by atoms with Crippen LogP contribution in [0.25, 0.3) is 0 Å². The van der Waals surface area contributed by atoms with Crippen molar-refractivity contribution < 1.29 is 4.74 Å². The van der Waals surface area contributed by atoms with E-state index in [0.717, 1.165) is 0 Å². The second-order valence-corrected chi connectivity index (χ2v) is 8.72. The highest BCUT2D eigenvalue weighted by Gasteiger charge is 2.45. The van der Waals surface area contributed by atoms with Crippen molar-refractivity contribution in [1.29, 1.82) is 0 Å². The minimum absolute atomic E-state index is 0.171. The lowest BCUT2D eigenvalue weighted by Crippen LogP contribution is -2.36. The van der Waals surface area contributed by atoms with Crippen LogP contribution >= 0.6 is 21.6 Å². The Bertz CT molecular complexity index is 397. The summed E-state index contributed by atoms with van der Waals surface area (Å²) in [7, 11) is 3.90.